The van der Waals surface area contributed by atoms with Crippen molar-refractivity contribution in [3.63, 3.8) is 0 Å². The lowest BCUT2D eigenvalue weighted by atomic mass is 10.1. The van der Waals surface area contributed by atoms with Gasteiger partial charge in [0.15, 0.2) is 5.78 Å². The van der Waals surface area contributed by atoms with Gasteiger partial charge < -0.3 is 15.1 Å². The van der Waals surface area contributed by atoms with Crippen molar-refractivity contribution in [1.29, 1.82) is 0 Å². The molecular weight excluding hydrogens is 388 g/mol. The number of hydrogen-bond donors (Lipinski definition) is 1. The molecule has 150 valence electrons. The Balaban J connectivity index is 1.80. The summed E-state index contributed by atoms with van der Waals surface area (Å²) in [6.07, 6.45) is 1.58. The van der Waals surface area contributed by atoms with E-state index in [0.29, 0.717) is 21.8 Å². The van der Waals surface area contributed by atoms with E-state index in [4.69, 9.17) is 10.2 Å². The van der Waals surface area contributed by atoms with Crippen molar-refractivity contribution in [3.05, 3.63) is 80.9 Å². The highest BCUT2D eigenvalue weighted by Gasteiger charge is 2.23. The zero-order valence-electron chi connectivity index (χ0n) is 16.3. The van der Waals surface area contributed by atoms with Crippen molar-refractivity contribution < 1.29 is 18.8 Å². The number of carbonyl (C=O) groups is 3. The summed E-state index contributed by atoms with van der Waals surface area (Å²) in [7, 11) is 0. The van der Waals surface area contributed by atoms with Gasteiger partial charge in [-0.25, -0.2) is 0 Å². The summed E-state index contributed by atoms with van der Waals surface area (Å²) in [4.78, 5) is 40.6. The summed E-state index contributed by atoms with van der Waals surface area (Å²) in [5.41, 5.74) is 7.21. The van der Waals surface area contributed by atoms with E-state index in [1.165, 1.54) is 22.5 Å². The Bertz CT molecular complexity index is 1020. The number of carbonyl (C=O) groups excluding carboxylic acids is 3. The number of aryl methyl sites for hydroxylation is 1. The molecule has 0 aliphatic carbocycles. The van der Waals surface area contributed by atoms with Crippen LogP contribution >= 0.6 is 11.3 Å². The van der Waals surface area contributed by atoms with Crippen molar-refractivity contribution in [2.45, 2.75) is 26.8 Å². The fourth-order valence-electron chi connectivity index (χ4n) is 3.15. The lowest BCUT2D eigenvalue weighted by Crippen LogP contribution is -2.35. The van der Waals surface area contributed by atoms with E-state index < -0.39 is 5.91 Å². The molecular formula is C22H22N2O4S. The van der Waals surface area contributed by atoms with Gasteiger partial charge in [0, 0.05) is 21.7 Å². The van der Waals surface area contributed by atoms with Crippen molar-refractivity contribution in [2.24, 2.45) is 5.73 Å². The molecule has 2 aromatic heterocycles. The minimum atomic E-state index is -0.539. The third-order valence-corrected chi connectivity index (χ3v) is 5.87. The van der Waals surface area contributed by atoms with E-state index in [-0.39, 0.29) is 31.2 Å². The van der Waals surface area contributed by atoms with Crippen molar-refractivity contribution in [2.75, 3.05) is 6.54 Å². The molecule has 0 radical (unpaired) electrons. The Morgan fingerprint density at radius 1 is 1.07 bits per heavy atom. The van der Waals surface area contributed by atoms with Crippen LogP contribution in [0, 0.1) is 13.8 Å². The molecule has 1 aromatic carbocycles. The molecule has 0 spiro atoms. The highest BCUT2D eigenvalue weighted by atomic mass is 32.1. The predicted molar refractivity (Wildman–Crippen MR) is 111 cm³/mol. The molecule has 29 heavy (non-hydrogen) atoms. The number of primary amides is 1. The smallest absolute Gasteiger partial charge is 0.254 e. The monoisotopic (exact) mass is 410 g/mol. The first kappa shape index (κ1) is 20.5. The van der Waals surface area contributed by atoms with E-state index in [9.17, 15) is 14.4 Å². The van der Waals surface area contributed by atoms with Crippen molar-refractivity contribution in [1.82, 2.24) is 4.90 Å². The van der Waals surface area contributed by atoms with Crippen LogP contribution in [0.3, 0.4) is 0 Å². The van der Waals surface area contributed by atoms with Gasteiger partial charge in [-0.2, -0.15) is 0 Å². The molecule has 0 saturated heterocycles. The van der Waals surface area contributed by atoms with Crippen LogP contribution in [-0.2, 0) is 17.8 Å². The number of thiophene rings is 1. The number of benzene rings is 1. The largest absolute Gasteiger partial charge is 0.467 e. The minimum absolute atomic E-state index is 0.0499. The molecule has 6 nitrogen and oxygen atoms in total. The lowest BCUT2D eigenvalue weighted by Gasteiger charge is -2.21. The second-order valence-corrected chi connectivity index (χ2v) is 8.08. The number of ketones is 1. The summed E-state index contributed by atoms with van der Waals surface area (Å²) < 4.78 is 5.36. The van der Waals surface area contributed by atoms with Crippen LogP contribution in [0.5, 0.6) is 0 Å². The topological polar surface area (TPSA) is 93.6 Å². The molecule has 3 rings (SSSR count). The fourth-order valence-corrected chi connectivity index (χ4v) is 4.36. The lowest BCUT2D eigenvalue weighted by molar-refractivity contribution is -0.119. The summed E-state index contributed by atoms with van der Waals surface area (Å²) in [6.45, 7) is 3.80. The average molecular weight is 410 g/mol. The first-order chi connectivity index (χ1) is 13.9. The number of nitrogens with two attached hydrogens (primary N) is 1. The second-order valence-electron chi connectivity index (χ2n) is 6.77. The van der Waals surface area contributed by atoms with E-state index in [2.05, 4.69) is 0 Å². The first-order valence-electron chi connectivity index (χ1n) is 9.14. The Morgan fingerprint density at radius 3 is 2.41 bits per heavy atom. The Hall–Kier alpha value is -3.19. The van der Waals surface area contributed by atoms with E-state index in [0.717, 1.165) is 10.4 Å². The third-order valence-electron chi connectivity index (χ3n) is 4.66. The molecule has 0 unspecified atom stereocenters. The number of amides is 2. The minimum Gasteiger partial charge on any atom is -0.467 e. The van der Waals surface area contributed by atoms with Gasteiger partial charge in [0.25, 0.3) is 5.91 Å². The quantitative estimate of drug-likeness (QED) is 0.615. The van der Waals surface area contributed by atoms with Crippen LogP contribution in [0.1, 0.15) is 41.8 Å². The third kappa shape index (κ3) is 4.81. The predicted octanol–water partition coefficient (Wildman–Crippen LogP) is 3.51. The van der Waals surface area contributed by atoms with Crippen LogP contribution in [0.4, 0.5) is 0 Å². The van der Waals surface area contributed by atoms with Crippen LogP contribution in [0.2, 0.25) is 0 Å². The van der Waals surface area contributed by atoms with Crippen LogP contribution in [0.25, 0.3) is 0 Å². The molecule has 7 heteroatoms. The van der Waals surface area contributed by atoms with Crippen molar-refractivity contribution in [3.8, 4) is 0 Å². The molecule has 0 saturated carbocycles. The van der Waals surface area contributed by atoms with Crippen LogP contribution in [-0.4, -0.2) is 29.0 Å². The van der Waals surface area contributed by atoms with Gasteiger partial charge in [-0.3, -0.25) is 14.4 Å². The van der Waals surface area contributed by atoms with Gasteiger partial charge in [0.05, 0.1) is 24.9 Å². The van der Waals surface area contributed by atoms with Gasteiger partial charge in [0.1, 0.15) is 5.76 Å². The highest BCUT2D eigenvalue weighted by Crippen LogP contribution is 2.28. The number of Topliss-reactive ketones (excluding diaryl/α,β-unsaturated/α-hetero) is 1. The molecule has 0 aliphatic rings. The Morgan fingerprint density at radius 2 is 1.79 bits per heavy atom. The molecule has 0 bridgehead atoms. The maximum atomic E-state index is 13.0. The summed E-state index contributed by atoms with van der Waals surface area (Å²) in [5.74, 6) is -0.390. The molecule has 2 N–H and O–H groups in total. The van der Waals surface area contributed by atoms with Gasteiger partial charge in [-0.1, -0.05) is 18.2 Å². The second kappa shape index (κ2) is 8.87. The summed E-state index contributed by atoms with van der Waals surface area (Å²) in [5, 5.41) is 0. The zero-order valence-corrected chi connectivity index (χ0v) is 17.1. The van der Waals surface area contributed by atoms with Gasteiger partial charge in [-0.15, -0.1) is 11.3 Å². The Kier molecular flexibility index (Phi) is 6.29. The first-order valence-corrected chi connectivity index (χ1v) is 9.95. The number of furan rings is 1. The SMILES string of the molecule is Cc1sc(CC(=O)CN(Cc2ccco2)C(=O)c2ccccc2)c(C(N)=O)c1C. The number of rotatable bonds is 8. The molecule has 3 aromatic rings. The molecule has 0 atom stereocenters. The number of hydrogen-bond acceptors (Lipinski definition) is 5. The average Bonchev–Trinajstić information content (AvgIpc) is 3.29. The number of nitrogens with zero attached hydrogens (tertiary/aromatic N) is 1. The summed E-state index contributed by atoms with van der Waals surface area (Å²) in [6, 6.07) is 12.3. The standard InChI is InChI=1S/C22H22N2O4S/c1-14-15(2)29-19(20(14)21(23)26)11-17(25)12-24(13-18-9-6-10-28-18)22(27)16-7-4-3-5-8-16/h3-10H,11-13H2,1-2H3,(H2,23,26). The van der Waals surface area contributed by atoms with Gasteiger partial charge in [0.2, 0.25) is 5.91 Å². The zero-order chi connectivity index (χ0) is 21.0. The van der Waals surface area contributed by atoms with E-state index in [1.54, 1.807) is 36.4 Å². The molecule has 0 aliphatic heterocycles. The van der Waals surface area contributed by atoms with Gasteiger partial charge >= 0.3 is 0 Å². The van der Waals surface area contributed by atoms with E-state index in [1.807, 2.05) is 19.9 Å². The molecule has 2 amide bonds. The molecule has 0 fully saturated rings. The highest BCUT2D eigenvalue weighted by molar-refractivity contribution is 7.12. The summed E-state index contributed by atoms with van der Waals surface area (Å²) >= 11 is 1.39. The van der Waals surface area contributed by atoms with Crippen LogP contribution < -0.4 is 5.73 Å². The maximum absolute atomic E-state index is 13.0. The van der Waals surface area contributed by atoms with Crippen LogP contribution in [0.15, 0.2) is 53.1 Å². The van der Waals surface area contributed by atoms with Gasteiger partial charge in [-0.05, 0) is 43.7 Å². The normalized spacial score (nSPS) is 10.7. The maximum Gasteiger partial charge on any atom is 0.254 e. The fraction of sp³-hybridized carbons (Fsp3) is 0.227. The molecule has 2 heterocycles. The Labute approximate surface area is 172 Å². The van der Waals surface area contributed by atoms with Crippen molar-refractivity contribution >= 4 is 28.9 Å². The van der Waals surface area contributed by atoms with E-state index >= 15 is 0 Å².